The van der Waals surface area contributed by atoms with Gasteiger partial charge in [-0.15, -0.1) is 0 Å². The van der Waals surface area contributed by atoms with Crippen molar-refractivity contribution in [1.29, 1.82) is 0 Å². The molecular formula is C10H8FN5O2. The molecule has 2 rings (SSSR count). The molecule has 0 unspecified atom stereocenters. The Kier molecular flexibility index (Phi) is 3.28. The highest BCUT2D eigenvalue weighted by Gasteiger charge is 2.15. The Morgan fingerprint density at radius 3 is 2.67 bits per heavy atom. The van der Waals surface area contributed by atoms with Gasteiger partial charge in [-0.05, 0) is 18.2 Å². The maximum Gasteiger partial charge on any atom is 0.316 e. The Bertz CT molecular complexity index is 569. The van der Waals surface area contributed by atoms with Gasteiger partial charge in [0, 0.05) is 5.69 Å². The number of carbonyl (C=O) groups excluding carboxylic acids is 2. The van der Waals surface area contributed by atoms with E-state index in [2.05, 4.69) is 25.8 Å². The van der Waals surface area contributed by atoms with E-state index in [0.717, 1.165) is 6.07 Å². The largest absolute Gasteiger partial charge is 0.318 e. The maximum atomic E-state index is 12.8. The molecule has 0 fully saturated rings. The lowest BCUT2D eigenvalue weighted by Gasteiger charge is -2.04. The molecule has 2 amide bonds. The summed E-state index contributed by atoms with van der Waals surface area (Å²) >= 11 is 0. The molecule has 0 aliphatic rings. The van der Waals surface area contributed by atoms with Gasteiger partial charge in [-0.3, -0.25) is 14.9 Å². The highest BCUT2D eigenvalue weighted by molar-refractivity contribution is 6.43. The second-order valence-corrected chi connectivity index (χ2v) is 3.25. The number of nitrogens with zero attached hydrogens (tertiary/aromatic N) is 2. The fourth-order valence-electron chi connectivity index (χ4n) is 1.18. The van der Waals surface area contributed by atoms with Crippen molar-refractivity contribution < 1.29 is 14.0 Å². The van der Waals surface area contributed by atoms with Crippen LogP contribution in [0.3, 0.4) is 0 Å². The summed E-state index contributed by atoms with van der Waals surface area (Å²) in [6.45, 7) is 0. The standard InChI is InChI=1S/C10H8FN5O2/c11-6-2-1-3-7(4-6)14-8(17)9(18)15-10-12-5-13-16-10/h1-5H,(H,14,17)(H2,12,13,15,16,18). The van der Waals surface area contributed by atoms with Crippen LogP contribution < -0.4 is 10.6 Å². The molecule has 92 valence electrons. The Balaban J connectivity index is 1.97. The van der Waals surface area contributed by atoms with Crippen LogP contribution in [0.5, 0.6) is 0 Å². The number of rotatable bonds is 2. The quantitative estimate of drug-likeness (QED) is 0.675. The summed E-state index contributed by atoms with van der Waals surface area (Å²) < 4.78 is 12.8. The lowest BCUT2D eigenvalue weighted by molar-refractivity contribution is -0.133. The van der Waals surface area contributed by atoms with Crippen LogP contribution in [-0.2, 0) is 9.59 Å². The minimum Gasteiger partial charge on any atom is -0.318 e. The van der Waals surface area contributed by atoms with Crippen LogP contribution in [0.1, 0.15) is 0 Å². The van der Waals surface area contributed by atoms with Gasteiger partial charge >= 0.3 is 11.8 Å². The van der Waals surface area contributed by atoms with Crippen molar-refractivity contribution in [2.75, 3.05) is 10.6 Å². The van der Waals surface area contributed by atoms with Crippen molar-refractivity contribution in [3.63, 3.8) is 0 Å². The third-order valence-corrected chi connectivity index (χ3v) is 1.94. The van der Waals surface area contributed by atoms with Gasteiger partial charge in [0.1, 0.15) is 12.1 Å². The van der Waals surface area contributed by atoms with Crippen LogP contribution in [0, 0.1) is 5.82 Å². The molecule has 0 spiro atoms. The lowest BCUT2D eigenvalue weighted by Crippen LogP contribution is -2.29. The van der Waals surface area contributed by atoms with Crippen LogP contribution >= 0.6 is 0 Å². The Labute approximate surface area is 100 Å². The predicted octanol–water partition coefficient (Wildman–Crippen LogP) is 0.521. The SMILES string of the molecule is O=C(Nc1cccc(F)c1)C(=O)Nc1ncn[nH]1. The smallest absolute Gasteiger partial charge is 0.316 e. The number of benzene rings is 1. The second kappa shape index (κ2) is 5.04. The molecule has 0 aliphatic heterocycles. The molecule has 1 aromatic carbocycles. The first-order valence-electron chi connectivity index (χ1n) is 4.88. The van der Waals surface area contributed by atoms with Crippen LogP contribution in [0.15, 0.2) is 30.6 Å². The van der Waals surface area contributed by atoms with Gasteiger partial charge in [0.15, 0.2) is 0 Å². The minimum atomic E-state index is -0.934. The molecule has 2 aromatic rings. The van der Waals surface area contributed by atoms with Crippen molar-refractivity contribution in [3.05, 3.63) is 36.4 Å². The van der Waals surface area contributed by atoms with Crippen LogP contribution in [0.4, 0.5) is 16.0 Å². The molecular weight excluding hydrogens is 241 g/mol. The van der Waals surface area contributed by atoms with Crippen molar-refractivity contribution in [3.8, 4) is 0 Å². The van der Waals surface area contributed by atoms with Crippen molar-refractivity contribution in [2.24, 2.45) is 0 Å². The van der Waals surface area contributed by atoms with Gasteiger partial charge in [0.25, 0.3) is 0 Å². The summed E-state index contributed by atoms with van der Waals surface area (Å²) in [6, 6.07) is 5.20. The van der Waals surface area contributed by atoms with Crippen molar-refractivity contribution in [1.82, 2.24) is 15.2 Å². The summed E-state index contributed by atoms with van der Waals surface area (Å²) in [5.74, 6) is -2.33. The van der Waals surface area contributed by atoms with Crippen molar-refractivity contribution in [2.45, 2.75) is 0 Å². The van der Waals surface area contributed by atoms with E-state index >= 15 is 0 Å². The molecule has 0 radical (unpaired) electrons. The maximum absolute atomic E-state index is 12.8. The van der Waals surface area contributed by atoms with E-state index in [1.807, 2.05) is 0 Å². The fraction of sp³-hybridized carbons (Fsp3) is 0. The lowest BCUT2D eigenvalue weighted by atomic mass is 10.3. The van der Waals surface area contributed by atoms with Gasteiger partial charge < -0.3 is 5.32 Å². The van der Waals surface area contributed by atoms with Gasteiger partial charge in [0.2, 0.25) is 5.95 Å². The normalized spacial score (nSPS) is 9.83. The topological polar surface area (TPSA) is 99.8 Å². The molecule has 0 aliphatic carbocycles. The summed E-state index contributed by atoms with van der Waals surface area (Å²) in [6.07, 6.45) is 1.18. The van der Waals surface area contributed by atoms with Gasteiger partial charge in [0.05, 0.1) is 0 Å². The molecule has 0 atom stereocenters. The molecule has 1 aromatic heterocycles. The molecule has 7 nitrogen and oxygen atoms in total. The number of H-pyrrole nitrogens is 1. The van der Waals surface area contributed by atoms with Crippen LogP contribution in [0.25, 0.3) is 0 Å². The average molecular weight is 249 g/mol. The number of halogens is 1. The number of aromatic nitrogens is 3. The number of nitrogens with one attached hydrogen (secondary N) is 3. The third-order valence-electron chi connectivity index (χ3n) is 1.94. The number of anilines is 2. The molecule has 1 heterocycles. The predicted molar refractivity (Wildman–Crippen MR) is 60.0 cm³/mol. The molecule has 0 saturated carbocycles. The zero-order valence-corrected chi connectivity index (χ0v) is 8.98. The minimum absolute atomic E-state index is 0.0504. The fourth-order valence-corrected chi connectivity index (χ4v) is 1.18. The van der Waals surface area contributed by atoms with E-state index < -0.39 is 17.6 Å². The summed E-state index contributed by atoms with van der Waals surface area (Å²) in [5.41, 5.74) is 0.188. The number of amides is 2. The number of hydrogen-bond donors (Lipinski definition) is 3. The highest BCUT2D eigenvalue weighted by atomic mass is 19.1. The molecule has 3 N–H and O–H groups in total. The van der Waals surface area contributed by atoms with E-state index in [4.69, 9.17) is 0 Å². The molecule has 8 heteroatoms. The van der Waals surface area contributed by atoms with Gasteiger partial charge in [-0.25, -0.2) is 9.49 Å². The van der Waals surface area contributed by atoms with Crippen molar-refractivity contribution >= 4 is 23.5 Å². The number of carbonyl (C=O) groups is 2. The van der Waals surface area contributed by atoms with Crippen LogP contribution in [0.2, 0.25) is 0 Å². The molecule has 18 heavy (non-hydrogen) atoms. The first-order chi connectivity index (χ1) is 8.65. The number of hydrogen-bond acceptors (Lipinski definition) is 4. The van der Waals surface area contributed by atoms with Crippen LogP contribution in [-0.4, -0.2) is 27.0 Å². The molecule has 0 bridgehead atoms. The third kappa shape index (κ3) is 2.88. The Hall–Kier alpha value is -2.77. The summed E-state index contributed by atoms with van der Waals surface area (Å²) in [7, 11) is 0. The first kappa shape index (κ1) is 11.7. The van der Waals surface area contributed by atoms with E-state index in [1.54, 1.807) is 0 Å². The molecule has 0 saturated heterocycles. The Morgan fingerprint density at radius 2 is 2.00 bits per heavy atom. The van der Waals surface area contributed by atoms with E-state index in [1.165, 1.54) is 24.5 Å². The second-order valence-electron chi connectivity index (χ2n) is 3.25. The van der Waals surface area contributed by atoms with E-state index in [-0.39, 0.29) is 11.6 Å². The summed E-state index contributed by atoms with van der Waals surface area (Å²) in [4.78, 5) is 26.5. The summed E-state index contributed by atoms with van der Waals surface area (Å²) in [5, 5.41) is 10.3. The average Bonchev–Trinajstić information content (AvgIpc) is 2.81. The monoisotopic (exact) mass is 249 g/mol. The van der Waals surface area contributed by atoms with E-state index in [0.29, 0.717) is 0 Å². The van der Waals surface area contributed by atoms with E-state index in [9.17, 15) is 14.0 Å². The Morgan fingerprint density at radius 1 is 1.22 bits per heavy atom. The highest BCUT2D eigenvalue weighted by Crippen LogP contribution is 2.08. The van der Waals surface area contributed by atoms with Gasteiger partial charge in [-0.2, -0.15) is 10.1 Å². The zero-order valence-electron chi connectivity index (χ0n) is 8.98. The van der Waals surface area contributed by atoms with Gasteiger partial charge in [-0.1, -0.05) is 6.07 Å². The number of aromatic amines is 1. The zero-order chi connectivity index (χ0) is 13.0. The first-order valence-corrected chi connectivity index (χ1v) is 4.88.